The van der Waals surface area contributed by atoms with E-state index in [9.17, 15) is 13.2 Å². The summed E-state index contributed by atoms with van der Waals surface area (Å²) in [6, 6.07) is 0. The predicted molar refractivity (Wildman–Crippen MR) is 110 cm³/mol. The molecular weight excluding hydrogens is 404 g/mol. The molecule has 4 rings (SSSR count). The van der Waals surface area contributed by atoms with Crippen LogP contribution in [0.2, 0.25) is 0 Å². The Labute approximate surface area is 177 Å². The van der Waals surface area contributed by atoms with Crippen LogP contribution in [-0.2, 0) is 17.1 Å². The van der Waals surface area contributed by atoms with Crippen molar-refractivity contribution in [1.82, 2.24) is 29.0 Å². The first-order valence-corrected chi connectivity index (χ1v) is 11.9. The molecule has 10 heteroatoms. The van der Waals surface area contributed by atoms with Crippen molar-refractivity contribution >= 4 is 15.9 Å². The summed E-state index contributed by atoms with van der Waals surface area (Å²) >= 11 is 0. The highest BCUT2D eigenvalue weighted by molar-refractivity contribution is 7.89. The fourth-order valence-corrected chi connectivity index (χ4v) is 5.72. The van der Waals surface area contributed by atoms with Gasteiger partial charge in [-0.3, -0.25) is 9.48 Å². The van der Waals surface area contributed by atoms with E-state index in [4.69, 9.17) is 0 Å². The third-order valence-corrected chi connectivity index (χ3v) is 7.76. The summed E-state index contributed by atoms with van der Waals surface area (Å²) in [4.78, 5) is 24.0. The quantitative estimate of drug-likeness (QED) is 0.729. The van der Waals surface area contributed by atoms with Crippen molar-refractivity contribution in [3.8, 4) is 0 Å². The molecular formula is C20H28N6O3S. The van der Waals surface area contributed by atoms with Crippen LogP contribution in [0.3, 0.4) is 0 Å². The number of likely N-dealkylation sites (tertiary alicyclic amines) is 1. The van der Waals surface area contributed by atoms with Crippen LogP contribution in [-0.4, -0.2) is 69.5 Å². The number of carbonyl (C=O) groups is 1. The van der Waals surface area contributed by atoms with Crippen LogP contribution in [0.25, 0.3) is 0 Å². The Morgan fingerprint density at radius 2 is 1.87 bits per heavy atom. The van der Waals surface area contributed by atoms with Gasteiger partial charge in [-0.25, -0.2) is 18.4 Å². The van der Waals surface area contributed by atoms with Gasteiger partial charge in [-0.05, 0) is 39.0 Å². The molecule has 0 radical (unpaired) electrons. The lowest BCUT2D eigenvalue weighted by molar-refractivity contribution is 0.0722. The second-order valence-corrected chi connectivity index (χ2v) is 10.1. The van der Waals surface area contributed by atoms with E-state index in [1.807, 2.05) is 11.8 Å². The fourth-order valence-electron chi connectivity index (χ4n) is 4.21. The predicted octanol–water partition coefficient (Wildman–Crippen LogP) is 1.71. The van der Waals surface area contributed by atoms with Crippen LogP contribution in [0, 0.1) is 6.92 Å². The van der Waals surface area contributed by atoms with Gasteiger partial charge in [0, 0.05) is 51.5 Å². The van der Waals surface area contributed by atoms with E-state index in [2.05, 4.69) is 15.1 Å². The SMILES string of the molecule is Cc1nc([C@H]2CCCN(S(=O)(=O)c3cnn(C)c3)C2)ncc1C(=O)N1CCCCC1. The van der Waals surface area contributed by atoms with E-state index >= 15 is 0 Å². The normalized spacial score (nSPS) is 21.0. The van der Waals surface area contributed by atoms with Crippen LogP contribution in [0.5, 0.6) is 0 Å². The first-order chi connectivity index (χ1) is 14.4. The van der Waals surface area contributed by atoms with Gasteiger partial charge in [0.05, 0.1) is 17.5 Å². The maximum Gasteiger partial charge on any atom is 0.257 e. The van der Waals surface area contributed by atoms with Crippen molar-refractivity contribution in [3.63, 3.8) is 0 Å². The molecule has 0 spiro atoms. The van der Waals surface area contributed by atoms with Crippen molar-refractivity contribution in [2.45, 2.75) is 49.8 Å². The Morgan fingerprint density at radius 1 is 1.10 bits per heavy atom. The molecule has 0 saturated carbocycles. The van der Waals surface area contributed by atoms with Gasteiger partial charge >= 0.3 is 0 Å². The Morgan fingerprint density at radius 3 is 2.53 bits per heavy atom. The molecule has 1 amide bonds. The molecule has 30 heavy (non-hydrogen) atoms. The maximum atomic E-state index is 12.9. The fraction of sp³-hybridized carbons (Fsp3) is 0.600. The summed E-state index contributed by atoms with van der Waals surface area (Å²) in [5.41, 5.74) is 1.19. The Bertz CT molecular complexity index is 1030. The molecule has 0 unspecified atom stereocenters. The molecule has 2 aliphatic rings. The highest BCUT2D eigenvalue weighted by atomic mass is 32.2. The number of nitrogens with zero attached hydrogens (tertiary/aromatic N) is 6. The summed E-state index contributed by atoms with van der Waals surface area (Å²) in [6.45, 7) is 4.19. The van der Waals surface area contributed by atoms with Crippen LogP contribution in [0.1, 0.15) is 59.9 Å². The summed E-state index contributed by atoms with van der Waals surface area (Å²) in [7, 11) is -1.90. The van der Waals surface area contributed by atoms with Gasteiger partial charge in [-0.2, -0.15) is 9.40 Å². The average Bonchev–Trinajstić information content (AvgIpc) is 3.21. The number of aromatic nitrogens is 4. The zero-order chi connectivity index (χ0) is 21.3. The molecule has 2 aliphatic heterocycles. The van der Waals surface area contributed by atoms with Crippen LogP contribution in [0.15, 0.2) is 23.5 Å². The lowest BCUT2D eigenvalue weighted by Crippen LogP contribution is -2.39. The molecule has 0 aliphatic carbocycles. The second kappa shape index (κ2) is 8.43. The minimum absolute atomic E-state index is 0.0109. The lowest BCUT2D eigenvalue weighted by Gasteiger charge is -2.31. The first kappa shape index (κ1) is 20.9. The first-order valence-electron chi connectivity index (χ1n) is 10.5. The molecule has 1 atom stereocenters. The van der Waals surface area contributed by atoms with Gasteiger partial charge < -0.3 is 4.90 Å². The van der Waals surface area contributed by atoms with Crippen LogP contribution in [0.4, 0.5) is 0 Å². The zero-order valence-electron chi connectivity index (χ0n) is 17.5. The summed E-state index contributed by atoms with van der Waals surface area (Å²) in [5.74, 6) is 0.500. The van der Waals surface area contributed by atoms with Gasteiger partial charge in [0.15, 0.2) is 0 Å². The summed E-state index contributed by atoms with van der Waals surface area (Å²) in [5, 5.41) is 3.98. The molecule has 0 aromatic carbocycles. The molecule has 2 aromatic heterocycles. The molecule has 2 saturated heterocycles. The van der Waals surface area contributed by atoms with E-state index < -0.39 is 10.0 Å². The summed E-state index contributed by atoms with van der Waals surface area (Å²) in [6.07, 6.45) is 9.29. The number of rotatable bonds is 4. The maximum absolute atomic E-state index is 12.9. The Hall–Kier alpha value is -2.33. The standard InChI is InChI=1S/C20H28N6O3S/c1-15-18(20(27)25-8-4-3-5-9-25)12-21-19(23-15)16-7-6-10-26(13-16)30(28,29)17-11-22-24(2)14-17/h11-12,14,16H,3-10,13H2,1-2H3/t16-/m0/s1. The van der Waals surface area contributed by atoms with E-state index in [0.29, 0.717) is 30.2 Å². The minimum atomic E-state index is -3.59. The van der Waals surface area contributed by atoms with Gasteiger partial charge in [-0.1, -0.05) is 0 Å². The topological polar surface area (TPSA) is 101 Å². The molecule has 2 aromatic rings. The number of hydrogen-bond donors (Lipinski definition) is 0. The van der Waals surface area contributed by atoms with E-state index in [1.54, 1.807) is 13.2 Å². The molecule has 162 valence electrons. The van der Waals surface area contributed by atoms with Crippen molar-refractivity contribution in [2.75, 3.05) is 26.2 Å². The zero-order valence-corrected chi connectivity index (χ0v) is 18.3. The highest BCUT2D eigenvalue weighted by Crippen LogP contribution is 2.29. The number of piperidine rings is 2. The number of hydrogen-bond acceptors (Lipinski definition) is 6. The second-order valence-electron chi connectivity index (χ2n) is 8.13. The highest BCUT2D eigenvalue weighted by Gasteiger charge is 2.33. The monoisotopic (exact) mass is 432 g/mol. The van der Waals surface area contributed by atoms with Crippen molar-refractivity contribution in [3.05, 3.63) is 35.7 Å². The van der Waals surface area contributed by atoms with Crippen molar-refractivity contribution < 1.29 is 13.2 Å². The van der Waals surface area contributed by atoms with Gasteiger partial charge in [0.1, 0.15) is 10.7 Å². The van der Waals surface area contributed by atoms with Crippen LogP contribution < -0.4 is 0 Å². The minimum Gasteiger partial charge on any atom is -0.339 e. The molecule has 4 heterocycles. The van der Waals surface area contributed by atoms with Gasteiger partial charge in [0.25, 0.3) is 5.91 Å². The number of aryl methyl sites for hydroxylation is 2. The Balaban J connectivity index is 1.51. The lowest BCUT2D eigenvalue weighted by atomic mass is 9.98. The summed E-state index contributed by atoms with van der Waals surface area (Å²) < 4.78 is 28.9. The molecule has 2 fully saturated rings. The Kier molecular flexibility index (Phi) is 5.88. The number of carbonyl (C=O) groups excluding carboxylic acids is 1. The molecule has 0 N–H and O–H groups in total. The van der Waals surface area contributed by atoms with E-state index in [-0.39, 0.29) is 16.7 Å². The largest absolute Gasteiger partial charge is 0.339 e. The smallest absolute Gasteiger partial charge is 0.257 e. The van der Waals surface area contributed by atoms with Crippen molar-refractivity contribution in [2.24, 2.45) is 7.05 Å². The average molecular weight is 433 g/mol. The number of sulfonamides is 1. The number of amides is 1. The van der Waals surface area contributed by atoms with E-state index in [1.165, 1.54) is 27.8 Å². The third kappa shape index (κ3) is 4.11. The van der Waals surface area contributed by atoms with E-state index in [0.717, 1.165) is 38.8 Å². The van der Waals surface area contributed by atoms with Gasteiger partial charge in [-0.15, -0.1) is 0 Å². The molecule has 0 bridgehead atoms. The van der Waals surface area contributed by atoms with Crippen LogP contribution >= 0.6 is 0 Å². The van der Waals surface area contributed by atoms with Gasteiger partial charge in [0.2, 0.25) is 10.0 Å². The van der Waals surface area contributed by atoms with Crippen molar-refractivity contribution in [1.29, 1.82) is 0 Å². The molecule has 9 nitrogen and oxygen atoms in total. The third-order valence-electron chi connectivity index (χ3n) is 5.94.